The molecule has 1 spiro atoms. The van der Waals surface area contributed by atoms with Crippen LogP contribution in [0.5, 0.6) is 0 Å². The largest absolute Gasteiger partial charge is 0.370 e. The van der Waals surface area contributed by atoms with Crippen LogP contribution in [-0.2, 0) is 26.3 Å². The number of hydrogen-bond donors (Lipinski definition) is 2. The molecule has 0 saturated carbocycles. The predicted molar refractivity (Wildman–Crippen MR) is 109 cm³/mol. The summed E-state index contributed by atoms with van der Waals surface area (Å²) in [5.41, 5.74) is 3.09. The third kappa shape index (κ3) is 3.70. The van der Waals surface area contributed by atoms with E-state index in [9.17, 15) is 9.59 Å². The van der Waals surface area contributed by atoms with E-state index < -0.39 is 11.7 Å². The molecule has 6 heteroatoms. The van der Waals surface area contributed by atoms with E-state index in [1.807, 2.05) is 30.3 Å². The topological polar surface area (TPSA) is 80.3 Å². The Kier molecular flexibility index (Phi) is 5.74. The third-order valence-electron chi connectivity index (χ3n) is 6.19. The van der Waals surface area contributed by atoms with Gasteiger partial charge in [-0.1, -0.05) is 37.3 Å². The fourth-order valence-corrected chi connectivity index (χ4v) is 4.74. The number of hydrogen-bond acceptors (Lipinski definition) is 5. The molecule has 2 aromatic rings. The predicted octanol–water partition coefficient (Wildman–Crippen LogP) is 2.44. The number of benzene rings is 1. The SMILES string of the molecule is CCC(=O)C(=O)N[C@@H]1c2ccccc2C2(CCNCC2)[C@H]1OCc1cccnc1. The number of ketones is 1. The summed E-state index contributed by atoms with van der Waals surface area (Å²) >= 11 is 0. The highest BCUT2D eigenvalue weighted by Gasteiger charge is 2.53. The maximum Gasteiger partial charge on any atom is 0.287 e. The van der Waals surface area contributed by atoms with Crippen molar-refractivity contribution < 1.29 is 14.3 Å². The molecule has 1 fully saturated rings. The lowest BCUT2D eigenvalue weighted by Crippen LogP contribution is -2.50. The fraction of sp³-hybridized carbons (Fsp3) is 0.435. The summed E-state index contributed by atoms with van der Waals surface area (Å²) in [6.07, 6.45) is 5.34. The van der Waals surface area contributed by atoms with E-state index in [2.05, 4.69) is 21.7 Å². The van der Waals surface area contributed by atoms with Gasteiger partial charge in [0.25, 0.3) is 5.91 Å². The first-order chi connectivity index (χ1) is 14.2. The van der Waals surface area contributed by atoms with Crippen molar-refractivity contribution in [2.45, 2.75) is 50.4 Å². The van der Waals surface area contributed by atoms with Crippen LogP contribution in [0.4, 0.5) is 0 Å². The average Bonchev–Trinajstić information content (AvgIpc) is 3.01. The zero-order chi connectivity index (χ0) is 20.3. The average molecular weight is 393 g/mol. The lowest BCUT2D eigenvalue weighted by Gasteiger charge is -2.41. The summed E-state index contributed by atoms with van der Waals surface area (Å²) in [5, 5.41) is 6.43. The minimum atomic E-state index is -0.534. The summed E-state index contributed by atoms with van der Waals surface area (Å²) in [6, 6.07) is 11.8. The number of piperidine rings is 1. The molecule has 152 valence electrons. The summed E-state index contributed by atoms with van der Waals surface area (Å²) in [4.78, 5) is 28.7. The van der Waals surface area contributed by atoms with Crippen LogP contribution in [-0.4, -0.2) is 35.9 Å². The second-order valence-electron chi connectivity index (χ2n) is 7.81. The number of amides is 1. The molecule has 2 heterocycles. The van der Waals surface area contributed by atoms with Gasteiger partial charge in [0.05, 0.1) is 18.8 Å². The second kappa shape index (κ2) is 8.43. The van der Waals surface area contributed by atoms with E-state index in [0.29, 0.717) is 6.61 Å². The van der Waals surface area contributed by atoms with Crippen molar-refractivity contribution in [3.63, 3.8) is 0 Å². The second-order valence-corrected chi connectivity index (χ2v) is 7.81. The molecule has 1 aromatic carbocycles. The number of rotatable bonds is 6. The molecular weight excluding hydrogens is 366 g/mol. The van der Waals surface area contributed by atoms with Crippen molar-refractivity contribution >= 4 is 11.7 Å². The molecule has 0 unspecified atom stereocenters. The van der Waals surface area contributed by atoms with Gasteiger partial charge in [-0.2, -0.15) is 0 Å². The summed E-state index contributed by atoms with van der Waals surface area (Å²) in [7, 11) is 0. The number of Topliss-reactive ketones (excluding diaryl/α,β-unsaturated/α-hetero) is 1. The Bertz CT molecular complexity index is 878. The normalized spacial score (nSPS) is 22.2. The van der Waals surface area contributed by atoms with Gasteiger partial charge in [-0.25, -0.2) is 0 Å². The van der Waals surface area contributed by atoms with Crippen molar-refractivity contribution in [2.75, 3.05) is 13.1 Å². The molecule has 1 aliphatic carbocycles. The van der Waals surface area contributed by atoms with Crippen LogP contribution < -0.4 is 10.6 Å². The molecule has 1 amide bonds. The van der Waals surface area contributed by atoms with Crippen molar-refractivity contribution in [1.29, 1.82) is 0 Å². The summed E-state index contributed by atoms with van der Waals surface area (Å²) < 4.78 is 6.50. The van der Waals surface area contributed by atoms with Crippen LogP contribution in [0.3, 0.4) is 0 Å². The van der Waals surface area contributed by atoms with Crippen LogP contribution >= 0.6 is 0 Å². The highest BCUT2D eigenvalue weighted by molar-refractivity contribution is 6.36. The molecule has 1 saturated heterocycles. The molecule has 2 aliphatic rings. The van der Waals surface area contributed by atoms with Gasteiger partial charge in [-0.05, 0) is 48.7 Å². The Balaban J connectivity index is 1.69. The van der Waals surface area contributed by atoms with Crippen LogP contribution in [0.1, 0.15) is 48.9 Å². The van der Waals surface area contributed by atoms with E-state index in [1.165, 1.54) is 5.56 Å². The number of carbonyl (C=O) groups excluding carboxylic acids is 2. The number of fused-ring (bicyclic) bond motifs is 2. The van der Waals surface area contributed by atoms with Crippen molar-refractivity contribution in [3.05, 3.63) is 65.5 Å². The Labute approximate surface area is 171 Å². The lowest BCUT2D eigenvalue weighted by atomic mass is 9.72. The monoisotopic (exact) mass is 393 g/mol. The summed E-state index contributed by atoms with van der Waals surface area (Å²) in [6.45, 7) is 3.91. The van der Waals surface area contributed by atoms with Gasteiger partial charge in [0, 0.05) is 24.2 Å². The van der Waals surface area contributed by atoms with Gasteiger partial charge in [-0.3, -0.25) is 14.6 Å². The van der Waals surface area contributed by atoms with Gasteiger partial charge in [-0.15, -0.1) is 0 Å². The smallest absolute Gasteiger partial charge is 0.287 e. The van der Waals surface area contributed by atoms with Crippen LogP contribution in [0.25, 0.3) is 0 Å². The van der Waals surface area contributed by atoms with Crippen LogP contribution in [0.15, 0.2) is 48.8 Å². The number of nitrogens with one attached hydrogen (secondary N) is 2. The lowest BCUT2D eigenvalue weighted by molar-refractivity contribution is -0.139. The first kappa shape index (κ1) is 19.7. The molecule has 1 aromatic heterocycles. The quantitative estimate of drug-likeness (QED) is 0.737. The van der Waals surface area contributed by atoms with Crippen molar-refractivity contribution in [2.24, 2.45) is 0 Å². The Morgan fingerprint density at radius 1 is 1.21 bits per heavy atom. The third-order valence-corrected chi connectivity index (χ3v) is 6.19. The first-order valence-corrected chi connectivity index (χ1v) is 10.3. The minimum Gasteiger partial charge on any atom is -0.370 e. The van der Waals surface area contributed by atoms with Gasteiger partial charge in [0.2, 0.25) is 5.78 Å². The summed E-state index contributed by atoms with van der Waals surface area (Å²) in [5.74, 6) is -0.937. The van der Waals surface area contributed by atoms with Gasteiger partial charge in [0.1, 0.15) is 0 Å². The zero-order valence-electron chi connectivity index (χ0n) is 16.7. The van der Waals surface area contributed by atoms with Crippen molar-refractivity contribution in [1.82, 2.24) is 15.6 Å². The van der Waals surface area contributed by atoms with Crippen LogP contribution in [0, 0.1) is 0 Å². The number of ether oxygens (including phenoxy) is 1. The molecule has 2 N–H and O–H groups in total. The number of nitrogens with zero attached hydrogens (tertiary/aromatic N) is 1. The molecule has 6 nitrogen and oxygen atoms in total. The number of aromatic nitrogens is 1. The Hall–Kier alpha value is -2.57. The number of carbonyl (C=O) groups is 2. The van der Waals surface area contributed by atoms with E-state index in [1.54, 1.807) is 19.3 Å². The maximum absolute atomic E-state index is 12.5. The van der Waals surface area contributed by atoms with Gasteiger partial charge < -0.3 is 15.4 Å². The molecule has 4 rings (SSSR count). The molecular formula is C23H27N3O3. The maximum atomic E-state index is 12.5. The van der Waals surface area contributed by atoms with E-state index in [-0.39, 0.29) is 24.0 Å². The number of pyridine rings is 1. The standard InChI is InChI=1S/C23H27N3O3/c1-2-19(27)22(28)26-20-17-7-3-4-8-18(17)23(9-12-24-13-10-23)21(20)29-15-16-6-5-11-25-14-16/h3-8,11,14,20-21,24H,2,9-10,12-13,15H2,1H3,(H,26,28)/t20-,21+/m1/s1. The molecule has 0 bridgehead atoms. The fourth-order valence-electron chi connectivity index (χ4n) is 4.74. The van der Waals surface area contributed by atoms with E-state index >= 15 is 0 Å². The molecule has 2 atom stereocenters. The Morgan fingerprint density at radius 3 is 2.72 bits per heavy atom. The minimum absolute atomic E-state index is 0.183. The molecule has 0 radical (unpaired) electrons. The van der Waals surface area contributed by atoms with Crippen molar-refractivity contribution in [3.8, 4) is 0 Å². The van der Waals surface area contributed by atoms with E-state index in [4.69, 9.17) is 4.74 Å². The molecule has 1 aliphatic heterocycles. The Morgan fingerprint density at radius 2 is 2.00 bits per heavy atom. The van der Waals surface area contributed by atoms with E-state index in [0.717, 1.165) is 37.1 Å². The van der Waals surface area contributed by atoms with Crippen LogP contribution in [0.2, 0.25) is 0 Å². The van der Waals surface area contributed by atoms with Gasteiger partial charge in [0.15, 0.2) is 0 Å². The molecule has 29 heavy (non-hydrogen) atoms. The van der Waals surface area contributed by atoms with Gasteiger partial charge >= 0.3 is 0 Å². The first-order valence-electron chi connectivity index (χ1n) is 10.3. The zero-order valence-corrected chi connectivity index (χ0v) is 16.7. The highest BCUT2D eigenvalue weighted by Crippen LogP contribution is 2.51. The highest BCUT2D eigenvalue weighted by atomic mass is 16.5.